The van der Waals surface area contributed by atoms with Gasteiger partial charge in [-0.1, -0.05) is 12.1 Å². The van der Waals surface area contributed by atoms with Crippen LogP contribution in [0.1, 0.15) is 33.3 Å². The molecule has 6 heteroatoms. The number of esters is 2. The second-order valence-corrected chi connectivity index (χ2v) is 7.02. The fourth-order valence-electron chi connectivity index (χ4n) is 4.17. The molecule has 0 aliphatic carbocycles. The molecule has 0 N–H and O–H groups in total. The van der Waals surface area contributed by atoms with Gasteiger partial charge in [0.2, 0.25) is 0 Å². The van der Waals surface area contributed by atoms with Gasteiger partial charge in [0.15, 0.2) is 0 Å². The molecule has 26 heavy (non-hydrogen) atoms. The summed E-state index contributed by atoms with van der Waals surface area (Å²) in [5.41, 5.74) is -0.441. The zero-order valence-corrected chi connectivity index (χ0v) is 15.5. The number of ether oxygens (including phenoxy) is 3. The molecule has 3 rings (SSSR count). The van der Waals surface area contributed by atoms with Crippen LogP contribution in [0.25, 0.3) is 0 Å². The van der Waals surface area contributed by atoms with Crippen LogP contribution in [-0.4, -0.2) is 37.0 Å². The molecule has 0 aromatic heterocycles. The van der Waals surface area contributed by atoms with Crippen molar-refractivity contribution in [2.24, 2.45) is 5.92 Å². The molecule has 2 heterocycles. The minimum atomic E-state index is -1.18. The third-order valence-electron chi connectivity index (χ3n) is 5.91. The quantitative estimate of drug-likeness (QED) is 0.607. The van der Waals surface area contributed by atoms with Crippen LogP contribution in [-0.2, 0) is 29.3 Å². The van der Waals surface area contributed by atoms with E-state index in [9.17, 15) is 14.4 Å². The Morgan fingerprint density at radius 1 is 1.19 bits per heavy atom. The Bertz CT molecular complexity index is 821. The molecule has 138 valence electrons. The van der Waals surface area contributed by atoms with Gasteiger partial charge in [-0.25, -0.2) is 4.79 Å². The molecule has 2 aliphatic heterocycles. The number of carbonyl (C=O) groups is 3. The summed E-state index contributed by atoms with van der Waals surface area (Å²) < 4.78 is 16.3. The molecule has 0 saturated carbocycles. The number of rotatable bonds is 4. The molecular weight excluding hydrogens is 336 g/mol. The van der Waals surface area contributed by atoms with E-state index in [1.54, 1.807) is 52.1 Å². The zero-order valence-electron chi connectivity index (χ0n) is 15.5. The molecule has 1 saturated heterocycles. The molecule has 1 unspecified atom stereocenters. The van der Waals surface area contributed by atoms with Crippen LogP contribution in [0.3, 0.4) is 0 Å². The summed E-state index contributed by atoms with van der Waals surface area (Å²) in [5, 5.41) is 0. The van der Waals surface area contributed by atoms with E-state index < -0.39 is 28.9 Å². The second-order valence-electron chi connectivity index (χ2n) is 7.02. The van der Waals surface area contributed by atoms with Crippen LogP contribution >= 0.6 is 0 Å². The topological polar surface area (TPSA) is 78.9 Å². The molecular formula is C20H22O6. The van der Waals surface area contributed by atoms with Gasteiger partial charge in [-0.15, -0.1) is 0 Å². The molecule has 6 nitrogen and oxygen atoms in total. The van der Waals surface area contributed by atoms with Gasteiger partial charge >= 0.3 is 11.9 Å². The Kier molecular flexibility index (Phi) is 4.17. The number of carbonyl (C=O) groups excluding carboxylic acids is 3. The van der Waals surface area contributed by atoms with Crippen molar-refractivity contribution in [2.75, 3.05) is 13.7 Å². The molecule has 1 aromatic rings. The third-order valence-corrected chi connectivity index (χ3v) is 5.91. The average molecular weight is 358 g/mol. The zero-order chi connectivity index (χ0) is 19.3. The summed E-state index contributed by atoms with van der Waals surface area (Å²) >= 11 is 0. The van der Waals surface area contributed by atoms with Gasteiger partial charge in [0, 0.05) is 5.57 Å². The lowest BCUT2D eigenvalue weighted by molar-refractivity contribution is -0.156. The molecule has 0 radical (unpaired) electrons. The fraction of sp³-hybridized carbons (Fsp3) is 0.450. The minimum Gasteiger partial charge on any atom is -0.497 e. The summed E-state index contributed by atoms with van der Waals surface area (Å²) in [5.74, 6) is -1.78. The summed E-state index contributed by atoms with van der Waals surface area (Å²) in [6, 6.07) is 7.08. The van der Waals surface area contributed by atoms with Crippen molar-refractivity contribution in [1.82, 2.24) is 0 Å². The summed E-state index contributed by atoms with van der Waals surface area (Å²) in [6.07, 6.45) is 0. The van der Waals surface area contributed by atoms with Gasteiger partial charge in [0.05, 0.1) is 12.5 Å². The first-order valence-electron chi connectivity index (χ1n) is 8.42. The second kappa shape index (κ2) is 5.97. The first kappa shape index (κ1) is 18.2. The number of methoxy groups -OCH3 is 1. The Balaban J connectivity index is 2.29. The summed E-state index contributed by atoms with van der Waals surface area (Å²) in [7, 11) is 1.56. The van der Waals surface area contributed by atoms with Gasteiger partial charge in [0.25, 0.3) is 0 Å². The molecule has 3 atom stereocenters. The van der Waals surface area contributed by atoms with Crippen molar-refractivity contribution in [2.45, 2.75) is 38.7 Å². The third kappa shape index (κ3) is 2.21. The highest BCUT2D eigenvalue weighted by molar-refractivity contribution is 6.02. The Morgan fingerprint density at radius 3 is 2.27 bits per heavy atom. The number of hydrogen-bond acceptors (Lipinski definition) is 6. The van der Waals surface area contributed by atoms with E-state index in [0.29, 0.717) is 22.5 Å². The Hall–Kier alpha value is -2.63. The van der Waals surface area contributed by atoms with Crippen molar-refractivity contribution in [3.05, 3.63) is 41.0 Å². The Labute approximate surface area is 152 Å². The fourth-order valence-corrected chi connectivity index (χ4v) is 4.17. The van der Waals surface area contributed by atoms with E-state index in [0.717, 1.165) is 0 Å². The number of cyclic esters (lactones) is 2. The monoisotopic (exact) mass is 358 g/mol. The van der Waals surface area contributed by atoms with E-state index in [1.165, 1.54) is 6.92 Å². The van der Waals surface area contributed by atoms with Gasteiger partial charge in [-0.3, -0.25) is 9.59 Å². The van der Waals surface area contributed by atoms with Crippen molar-refractivity contribution in [3.8, 4) is 5.75 Å². The van der Waals surface area contributed by atoms with Gasteiger partial charge in [-0.2, -0.15) is 0 Å². The standard InChI is InChI=1S/C20H22O6/c1-11-12(2)19(4,26-17(11)22)20(10-25-18(23)16(20)13(3)21)14-6-8-15(24-5)9-7-14/h6-9,16H,10H2,1-5H3/t16-,19?,20+/m1/s1. The van der Waals surface area contributed by atoms with Gasteiger partial charge in [0.1, 0.15) is 29.7 Å². The number of Topliss-reactive ketones (excluding diaryl/α,β-unsaturated/α-hetero) is 1. The lowest BCUT2D eigenvalue weighted by atomic mass is 9.59. The lowest BCUT2D eigenvalue weighted by Gasteiger charge is -2.44. The predicted octanol–water partition coefficient (Wildman–Crippen LogP) is 2.35. The molecule has 0 spiro atoms. The maximum absolute atomic E-state index is 12.5. The highest BCUT2D eigenvalue weighted by Crippen LogP contribution is 2.54. The van der Waals surface area contributed by atoms with E-state index >= 15 is 0 Å². The van der Waals surface area contributed by atoms with E-state index in [1.807, 2.05) is 0 Å². The van der Waals surface area contributed by atoms with Gasteiger partial charge < -0.3 is 14.2 Å². The van der Waals surface area contributed by atoms with E-state index in [4.69, 9.17) is 14.2 Å². The highest BCUT2D eigenvalue weighted by Gasteiger charge is 2.67. The maximum Gasteiger partial charge on any atom is 0.334 e. The molecule has 0 bridgehead atoms. The summed E-state index contributed by atoms with van der Waals surface area (Å²) in [4.78, 5) is 37.2. The van der Waals surface area contributed by atoms with Crippen molar-refractivity contribution in [3.63, 3.8) is 0 Å². The van der Waals surface area contributed by atoms with Crippen molar-refractivity contribution >= 4 is 17.7 Å². The van der Waals surface area contributed by atoms with Crippen LogP contribution < -0.4 is 4.74 Å². The van der Waals surface area contributed by atoms with Crippen LogP contribution in [0, 0.1) is 5.92 Å². The SMILES string of the molecule is COc1ccc([C@@]2(C3(C)OC(=O)C(C)=C3C)COC(=O)[C@H]2C(C)=O)cc1. The van der Waals surface area contributed by atoms with Gasteiger partial charge in [-0.05, 0) is 51.0 Å². The maximum atomic E-state index is 12.5. The van der Waals surface area contributed by atoms with Crippen molar-refractivity contribution < 1.29 is 28.6 Å². The molecule has 1 fully saturated rings. The summed E-state index contributed by atoms with van der Waals surface area (Å²) in [6.45, 7) is 6.55. The average Bonchev–Trinajstić information content (AvgIpc) is 3.07. The number of ketones is 1. The van der Waals surface area contributed by atoms with Crippen LogP contribution in [0.15, 0.2) is 35.4 Å². The lowest BCUT2D eigenvalue weighted by Crippen LogP contribution is -2.57. The van der Waals surface area contributed by atoms with E-state index in [2.05, 4.69) is 0 Å². The normalized spacial score (nSPS) is 31.0. The van der Waals surface area contributed by atoms with Crippen LogP contribution in [0.4, 0.5) is 0 Å². The number of hydrogen-bond donors (Lipinski definition) is 0. The van der Waals surface area contributed by atoms with Crippen LogP contribution in [0.2, 0.25) is 0 Å². The Morgan fingerprint density at radius 2 is 1.81 bits per heavy atom. The number of benzene rings is 1. The highest BCUT2D eigenvalue weighted by atomic mass is 16.6. The molecule has 2 aliphatic rings. The molecule has 0 amide bonds. The van der Waals surface area contributed by atoms with Crippen LogP contribution in [0.5, 0.6) is 5.75 Å². The molecule has 1 aromatic carbocycles. The van der Waals surface area contributed by atoms with E-state index in [-0.39, 0.29) is 12.4 Å². The largest absolute Gasteiger partial charge is 0.497 e. The van der Waals surface area contributed by atoms with Crippen molar-refractivity contribution in [1.29, 1.82) is 0 Å². The predicted molar refractivity (Wildman–Crippen MR) is 92.7 cm³/mol. The first-order chi connectivity index (χ1) is 12.2. The smallest absolute Gasteiger partial charge is 0.334 e. The first-order valence-corrected chi connectivity index (χ1v) is 8.42. The minimum absolute atomic E-state index is 0.0448.